The van der Waals surface area contributed by atoms with Crippen LogP contribution in [0.4, 0.5) is 13.2 Å². The zero-order valence-corrected chi connectivity index (χ0v) is 10.3. The number of ketones is 1. The van der Waals surface area contributed by atoms with Crippen LogP contribution in [-0.2, 0) is 17.4 Å². The van der Waals surface area contributed by atoms with Crippen molar-refractivity contribution in [1.82, 2.24) is 0 Å². The first kappa shape index (κ1) is 13.5. The molecule has 0 aliphatic rings. The molecule has 0 N–H and O–H groups in total. The van der Waals surface area contributed by atoms with Crippen LogP contribution in [0.25, 0.3) is 0 Å². The van der Waals surface area contributed by atoms with Crippen molar-refractivity contribution in [3.8, 4) is 0 Å². The molecule has 16 heavy (non-hydrogen) atoms. The standard InChI is InChI=1S/C10H7BrClF3O/c11-7-2-1-6(3-8(16)5-12)9(4-7)10(13,14)15/h1-2,4H,3,5H2. The molecule has 0 aromatic heterocycles. The third-order valence-electron chi connectivity index (χ3n) is 1.91. The summed E-state index contributed by atoms with van der Waals surface area (Å²) in [6, 6.07) is 3.69. The first-order valence-electron chi connectivity index (χ1n) is 4.28. The highest BCUT2D eigenvalue weighted by Gasteiger charge is 2.33. The molecule has 0 atom stereocenters. The predicted molar refractivity (Wildman–Crippen MR) is 58.6 cm³/mol. The smallest absolute Gasteiger partial charge is 0.298 e. The van der Waals surface area contributed by atoms with E-state index in [1.165, 1.54) is 12.1 Å². The van der Waals surface area contributed by atoms with Crippen LogP contribution < -0.4 is 0 Å². The zero-order chi connectivity index (χ0) is 12.3. The summed E-state index contributed by atoms with van der Waals surface area (Å²) in [5, 5.41) is 0. The van der Waals surface area contributed by atoms with Gasteiger partial charge >= 0.3 is 6.18 Å². The minimum absolute atomic E-state index is 0.0543. The summed E-state index contributed by atoms with van der Waals surface area (Å²) in [6.45, 7) is 0. The molecule has 0 aliphatic carbocycles. The number of carbonyl (C=O) groups is 1. The maximum atomic E-state index is 12.6. The van der Waals surface area contributed by atoms with Gasteiger partial charge in [-0.2, -0.15) is 13.2 Å². The molecule has 1 nitrogen and oxygen atoms in total. The van der Waals surface area contributed by atoms with Gasteiger partial charge in [0, 0.05) is 10.9 Å². The van der Waals surface area contributed by atoms with E-state index in [0.29, 0.717) is 4.47 Å². The molecule has 0 saturated heterocycles. The maximum absolute atomic E-state index is 12.6. The van der Waals surface area contributed by atoms with Gasteiger partial charge in [0.05, 0.1) is 11.4 Å². The van der Waals surface area contributed by atoms with Gasteiger partial charge in [0.2, 0.25) is 0 Å². The largest absolute Gasteiger partial charge is 0.416 e. The summed E-state index contributed by atoms with van der Waals surface area (Å²) < 4.78 is 38.2. The van der Waals surface area contributed by atoms with Crippen LogP contribution in [0.15, 0.2) is 22.7 Å². The highest BCUT2D eigenvalue weighted by Crippen LogP contribution is 2.34. The van der Waals surface area contributed by atoms with Crippen molar-refractivity contribution >= 4 is 33.3 Å². The molecule has 0 heterocycles. The van der Waals surface area contributed by atoms with E-state index in [-0.39, 0.29) is 17.9 Å². The van der Waals surface area contributed by atoms with Gasteiger partial charge in [0.25, 0.3) is 0 Å². The van der Waals surface area contributed by atoms with Gasteiger partial charge in [-0.15, -0.1) is 11.6 Å². The quantitative estimate of drug-likeness (QED) is 0.775. The average Bonchev–Trinajstić information content (AvgIpc) is 2.19. The Morgan fingerprint density at radius 2 is 2.00 bits per heavy atom. The number of benzene rings is 1. The molecule has 1 rings (SSSR count). The number of halogens is 5. The van der Waals surface area contributed by atoms with Crippen LogP contribution in [-0.4, -0.2) is 11.7 Å². The van der Waals surface area contributed by atoms with Gasteiger partial charge in [-0.3, -0.25) is 4.79 Å². The van der Waals surface area contributed by atoms with Crippen LogP contribution in [0, 0.1) is 0 Å². The lowest BCUT2D eigenvalue weighted by atomic mass is 10.0. The number of alkyl halides is 4. The van der Waals surface area contributed by atoms with E-state index in [4.69, 9.17) is 11.6 Å². The van der Waals surface area contributed by atoms with Crippen LogP contribution in [0.5, 0.6) is 0 Å². The summed E-state index contributed by atoms with van der Waals surface area (Å²) >= 11 is 8.22. The molecule has 0 unspecified atom stereocenters. The van der Waals surface area contributed by atoms with E-state index in [9.17, 15) is 18.0 Å². The van der Waals surface area contributed by atoms with Gasteiger partial charge in [-0.25, -0.2) is 0 Å². The van der Waals surface area contributed by atoms with Crippen molar-refractivity contribution in [2.45, 2.75) is 12.6 Å². The minimum atomic E-state index is -4.47. The van der Waals surface area contributed by atoms with Gasteiger partial charge in [0.1, 0.15) is 0 Å². The first-order valence-corrected chi connectivity index (χ1v) is 5.60. The van der Waals surface area contributed by atoms with E-state index in [1.807, 2.05) is 0 Å². The van der Waals surface area contributed by atoms with Crippen molar-refractivity contribution < 1.29 is 18.0 Å². The van der Waals surface area contributed by atoms with Gasteiger partial charge in [-0.05, 0) is 17.7 Å². The Morgan fingerprint density at radius 1 is 1.38 bits per heavy atom. The second kappa shape index (κ2) is 5.19. The Kier molecular flexibility index (Phi) is 4.38. The monoisotopic (exact) mass is 314 g/mol. The Balaban J connectivity index is 3.13. The first-order chi connectivity index (χ1) is 7.34. The van der Waals surface area contributed by atoms with Crippen LogP contribution in [0.1, 0.15) is 11.1 Å². The molecule has 0 amide bonds. The normalized spacial score (nSPS) is 11.6. The number of hydrogen-bond donors (Lipinski definition) is 0. The average molecular weight is 316 g/mol. The van der Waals surface area contributed by atoms with Gasteiger partial charge in [-0.1, -0.05) is 22.0 Å². The topological polar surface area (TPSA) is 17.1 Å². The fourth-order valence-electron chi connectivity index (χ4n) is 1.23. The number of carbonyl (C=O) groups excluding carboxylic acids is 1. The molecule has 1 aromatic carbocycles. The second-order valence-electron chi connectivity index (χ2n) is 3.15. The number of Topliss-reactive ketones (excluding diaryl/α,β-unsaturated/α-hetero) is 1. The van der Waals surface area contributed by atoms with Crippen molar-refractivity contribution in [3.05, 3.63) is 33.8 Å². The van der Waals surface area contributed by atoms with E-state index in [1.54, 1.807) is 0 Å². The molecule has 0 radical (unpaired) electrons. The molecule has 88 valence electrons. The summed E-state index contributed by atoms with van der Waals surface area (Å²) in [6.07, 6.45) is -4.77. The lowest BCUT2D eigenvalue weighted by molar-refractivity contribution is -0.138. The fourth-order valence-corrected chi connectivity index (χ4v) is 1.68. The molecule has 1 aromatic rings. The summed E-state index contributed by atoms with van der Waals surface area (Å²) in [4.78, 5) is 11.0. The van der Waals surface area contributed by atoms with Crippen LogP contribution in [0.3, 0.4) is 0 Å². The van der Waals surface area contributed by atoms with E-state index in [0.717, 1.165) is 6.07 Å². The van der Waals surface area contributed by atoms with E-state index < -0.39 is 17.5 Å². The molecule has 0 bridgehead atoms. The summed E-state index contributed by atoms with van der Waals surface area (Å²) in [5.41, 5.74) is -0.860. The Morgan fingerprint density at radius 3 is 2.50 bits per heavy atom. The Bertz CT molecular complexity index is 404. The second-order valence-corrected chi connectivity index (χ2v) is 4.33. The van der Waals surface area contributed by atoms with E-state index >= 15 is 0 Å². The van der Waals surface area contributed by atoms with Crippen molar-refractivity contribution in [3.63, 3.8) is 0 Å². The molecular weight excluding hydrogens is 308 g/mol. The SMILES string of the molecule is O=C(CCl)Cc1ccc(Br)cc1C(F)(F)F. The minimum Gasteiger partial charge on any atom is -0.298 e. The lowest BCUT2D eigenvalue weighted by Crippen LogP contribution is -2.13. The lowest BCUT2D eigenvalue weighted by Gasteiger charge is -2.12. The van der Waals surface area contributed by atoms with Crippen LogP contribution in [0.2, 0.25) is 0 Å². The molecular formula is C10H7BrClF3O. The number of rotatable bonds is 3. The molecule has 0 spiro atoms. The highest BCUT2D eigenvalue weighted by atomic mass is 79.9. The molecule has 6 heteroatoms. The van der Waals surface area contributed by atoms with Crippen LogP contribution >= 0.6 is 27.5 Å². The highest BCUT2D eigenvalue weighted by molar-refractivity contribution is 9.10. The third kappa shape index (κ3) is 3.49. The summed E-state index contributed by atoms with van der Waals surface area (Å²) in [5.74, 6) is -0.720. The summed E-state index contributed by atoms with van der Waals surface area (Å²) in [7, 11) is 0. The molecule has 0 aliphatic heterocycles. The van der Waals surface area contributed by atoms with Crippen molar-refractivity contribution in [2.75, 3.05) is 5.88 Å². The van der Waals surface area contributed by atoms with E-state index in [2.05, 4.69) is 15.9 Å². The Hall–Kier alpha value is -0.550. The molecule has 0 fully saturated rings. The predicted octanol–water partition coefficient (Wildman–Crippen LogP) is 3.82. The van der Waals surface area contributed by atoms with Gasteiger partial charge < -0.3 is 0 Å². The van der Waals surface area contributed by atoms with Crippen molar-refractivity contribution in [1.29, 1.82) is 0 Å². The fraction of sp³-hybridized carbons (Fsp3) is 0.300. The van der Waals surface area contributed by atoms with Gasteiger partial charge in [0.15, 0.2) is 5.78 Å². The maximum Gasteiger partial charge on any atom is 0.416 e. The van der Waals surface area contributed by atoms with Crippen molar-refractivity contribution in [2.24, 2.45) is 0 Å². The third-order valence-corrected chi connectivity index (χ3v) is 2.71. The zero-order valence-electron chi connectivity index (χ0n) is 7.94. The molecule has 0 saturated carbocycles. The Labute approximate surface area is 104 Å². The number of hydrogen-bond acceptors (Lipinski definition) is 1.